The molecule has 0 bridgehead atoms. The van der Waals surface area contributed by atoms with Crippen LogP contribution in [-0.4, -0.2) is 6.03 Å². The van der Waals surface area contributed by atoms with Crippen molar-refractivity contribution in [2.24, 2.45) is 0 Å². The highest BCUT2D eigenvalue weighted by atomic mass is 35.5. The first kappa shape index (κ1) is 13.0. The van der Waals surface area contributed by atoms with E-state index >= 15 is 0 Å². The lowest BCUT2D eigenvalue weighted by Gasteiger charge is -2.15. The number of anilines is 1. The number of urea groups is 1. The van der Waals surface area contributed by atoms with E-state index in [1.165, 1.54) is 11.1 Å². The van der Waals surface area contributed by atoms with Crippen molar-refractivity contribution < 1.29 is 4.79 Å². The fraction of sp³-hybridized carbons (Fsp3) is 0.188. The molecular weight excluding hydrogens is 272 g/mol. The highest BCUT2D eigenvalue weighted by molar-refractivity contribution is 6.30. The average Bonchev–Trinajstić information content (AvgIpc) is 2.82. The summed E-state index contributed by atoms with van der Waals surface area (Å²) in [4.78, 5) is 12.0. The Hall–Kier alpha value is -2.00. The van der Waals surface area contributed by atoms with E-state index in [9.17, 15) is 4.79 Å². The van der Waals surface area contributed by atoms with Crippen molar-refractivity contribution in [3.8, 4) is 0 Å². The van der Waals surface area contributed by atoms with Crippen LogP contribution in [-0.2, 0) is 6.42 Å². The molecule has 0 aromatic heterocycles. The lowest BCUT2D eigenvalue weighted by molar-refractivity contribution is 0.248. The molecule has 0 saturated heterocycles. The van der Waals surface area contributed by atoms with Crippen LogP contribution in [0.15, 0.2) is 48.5 Å². The summed E-state index contributed by atoms with van der Waals surface area (Å²) in [7, 11) is 0. The van der Waals surface area contributed by atoms with Crippen LogP contribution in [0.25, 0.3) is 0 Å². The van der Waals surface area contributed by atoms with Gasteiger partial charge in [0.2, 0.25) is 0 Å². The van der Waals surface area contributed by atoms with Gasteiger partial charge >= 0.3 is 6.03 Å². The van der Waals surface area contributed by atoms with E-state index in [1.807, 2.05) is 24.3 Å². The van der Waals surface area contributed by atoms with Gasteiger partial charge in [-0.15, -0.1) is 0 Å². The molecule has 1 aliphatic rings. The smallest absolute Gasteiger partial charge is 0.319 e. The third kappa shape index (κ3) is 2.78. The quantitative estimate of drug-likeness (QED) is 0.855. The van der Waals surface area contributed by atoms with Gasteiger partial charge in [-0.25, -0.2) is 4.79 Å². The average molecular weight is 287 g/mol. The van der Waals surface area contributed by atoms with Gasteiger partial charge in [0.1, 0.15) is 0 Å². The molecule has 0 unspecified atom stereocenters. The second-order valence-corrected chi connectivity index (χ2v) is 5.34. The molecule has 0 aliphatic heterocycles. The summed E-state index contributed by atoms with van der Waals surface area (Å²) in [5.41, 5.74) is 3.23. The highest BCUT2D eigenvalue weighted by Gasteiger charge is 2.23. The maximum absolute atomic E-state index is 12.0. The number of amides is 2. The fourth-order valence-electron chi connectivity index (χ4n) is 2.60. The van der Waals surface area contributed by atoms with Gasteiger partial charge in [0.05, 0.1) is 6.04 Å². The van der Waals surface area contributed by atoms with Crippen LogP contribution in [0.3, 0.4) is 0 Å². The van der Waals surface area contributed by atoms with Crippen molar-refractivity contribution in [3.05, 3.63) is 64.7 Å². The van der Waals surface area contributed by atoms with Crippen molar-refractivity contribution in [1.82, 2.24) is 5.32 Å². The molecule has 1 atom stereocenters. The SMILES string of the molecule is O=C(Nc1cccc(Cl)c1)N[C@H]1CCc2ccccc21. The minimum Gasteiger partial charge on any atom is -0.331 e. The largest absolute Gasteiger partial charge is 0.331 e. The van der Waals surface area contributed by atoms with Gasteiger partial charge in [0, 0.05) is 10.7 Å². The standard InChI is InChI=1S/C16H15ClN2O/c17-12-5-3-6-13(10-12)18-16(20)19-15-9-8-11-4-1-2-7-14(11)15/h1-7,10,15H,8-9H2,(H2,18,19,20)/t15-/m0/s1. The van der Waals surface area contributed by atoms with Crippen molar-refractivity contribution >= 4 is 23.3 Å². The number of rotatable bonds is 2. The summed E-state index contributed by atoms with van der Waals surface area (Å²) >= 11 is 5.89. The Kier molecular flexibility index (Phi) is 3.61. The maximum atomic E-state index is 12.0. The van der Waals surface area contributed by atoms with Crippen molar-refractivity contribution in [2.75, 3.05) is 5.32 Å². The van der Waals surface area contributed by atoms with Crippen molar-refractivity contribution in [3.63, 3.8) is 0 Å². The lowest BCUT2D eigenvalue weighted by Crippen LogP contribution is -2.31. The van der Waals surface area contributed by atoms with Crippen LogP contribution in [0.1, 0.15) is 23.6 Å². The monoisotopic (exact) mass is 286 g/mol. The van der Waals surface area contributed by atoms with Crippen LogP contribution in [0, 0.1) is 0 Å². The zero-order valence-electron chi connectivity index (χ0n) is 10.9. The van der Waals surface area contributed by atoms with E-state index in [2.05, 4.69) is 22.8 Å². The molecule has 102 valence electrons. The molecule has 0 radical (unpaired) electrons. The molecule has 0 saturated carbocycles. The Morgan fingerprint density at radius 2 is 2.00 bits per heavy atom. The van der Waals surface area contributed by atoms with E-state index in [0.717, 1.165) is 12.8 Å². The number of nitrogens with one attached hydrogen (secondary N) is 2. The predicted octanol–water partition coefficient (Wildman–Crippen LogP) is 4.15. The van der Waals surface area contributed by atoms with E-state index in [0.29, 0.717) is 10.7 Å². The van der Waals surface area contributed by atoms with Gasteiger partial charge in [0.15, 0.2) is 0 Å². The van der Waals surface area contributed by atoms with E-state index in [-0.39, 0.29) is 12.1 Å². The normalized spacial score (nSPS) is 16.6. The van der Waals surface area contributed by atoms with Gasteiger partial charge in [-0.05, 0) is 42.2 Å². The minimum absolute atomic E-state index is 0.0883. The van der Waals surface area contributed by atoms with Gasteiger partial charge < -0.3 is 10.6 Å². The van der Waals surface area contributed by atoms with Crippen molar-refractivity contribution in [2.45, 2.75) is 18.9 Å². The summed E-state index contributed by atoms with van der Waals surface area (Å²) in [5.74, 6) is 0. The van der Waals surface area contributed by atoms with E-state index < -0.39 is 0 Å². The number of hydrogen-bond donors (Lipinski definition) is 2. The second-order valence-electron chi connectivity index (χ2n) is 4.90. The Morgan fingerprint density at radius 3 is 2.85 bits per heavy atom. The Labute approximate surface area is 123 Å². The zero-order valence-corrected chi connectivity index (χ0v) is 11.7. The molecule has 20 heavy (non-hydrogen) atoms. The molecule has 3 nitrogen and oxygen atoms in total. The fourth-order valence-corrected chi connectivity index (χ4v) is 2.79. The summed E-state index contributed by atoms with van der Waals surface area (Å²) in [6.45, 7) is 0. The zero-order chi connectivity index (χ0) is 13.9. The van der Waals surface area contributed by atoms with Crippen LogP contribution in [0.5, 0.6) is 0 Å². The first-order valence-corrected chi connectivity index (χ1v) is 7.01. The topological polar surface area (TPSA) is 41.1 Å². The number of carbonyl (C=O) groups excluding carboxylic acids is 1. The maximum Gasteiger partial charge on any atom is 0.319 e. The van der Waals surface area contributed by atoms with Gasteiger partial charge in [-0.3, -0.25) is 0 Å². The number of fused-ring (bicyclic) bond motifs is 1. The second kappa shape index (κ2) is 5.55. The number of aryl methyl sites for hydroxylation is 1. The molecule has 0 heterocycles. The Balaban J connectivity index is 1.66. The molecule has 1 aliphatic carbocycles. The molecule has 2 amide bonds. The number of halogens is 1. The molecule has 2 N–H and O–H groups in total. The molecular formula is C16H15ClN2O. The summed E-state index contributed by atoms with van der Waals surface area (Å²) in [5, 5.41) is 6.42. The molecule has 2 aromatic rings. The molecule has 0 fully saturated rings. The third-order valence-electron chi connectivity index (χ3n) is 3.52. The Morgan fingerprint density at radius 1 is 1.15 bits per heavy atom. The van der Waals surface area contributed by atoms with Gasteiger partial charge in [0.25, 0.3) is 0 Å². The van der Waals surface area contributed by atoms with Crippen LogP contribution in [0.2, 0.25) is 5.02 Å². The van der Waals surface area contributed by atoms with E-state index in [4.69, 9.17) is 11.6 Å². The lowest BCUT2D eigenvalue weighted by atomic mass is 10.1. The number of hydrogen-bond acceptors (Lipinski definition) is 1. The van der Waals surface area contributed by atoms with Crippen molar-refractivity contribution in [1.29, 1.82) is 0 Å². The van der Waals surface area contributed by atoms with Crippen LogP contribution < -0.4 is 10.6 Å². The molecule has 4 heteroatoms. The van der Waals surface area contributed by atoms with Crippen LogP contribution >= 0.6 is 11.6 Å². The number of benzene rings is 2. The summed E-state index contributed by atoms with van der Waals surface area (Å²) in [6, 6.07) is 15.2. The number of carbonyl (C=O) groups is 1. The first-order valence-electron chi connectivity index (χ1n) is 6.63. The van der Waals surface area contributed by atoms with Crippen LogP contribution in [0.4, 0.5) is 10.5 Å². The minimum atomic E-state index is -0.200. The van der Waals surface area contributed by atoms with Gasteiger partial charge in [-0.2, -0.15) is 0 Å². The molecule has 3 rings (SSSR count). The Bertz CT molecular complexity index is 642. The third-order valence-corrected chi connectivity index (χ3v) is 3.76. The predicted molar refractivity (Wildman–Crippen MR) is 81.1 cm³/mol. The van der Waals surface area contributed by atoms with E-state index in [1.54, 1.807) is 12.1 Å². The molecule has 2 aromatic carbocycles. The van der Waals surface area contributed by atoms with Gasteiger partial charge in [-0.1, -0.05) is 41.9 Å². The summed E-state index contributed by atoms with van der Waals surface area (Å²) in [6.07, 6.45) is 1.96. The first-order chi connectivity index (χ1) is 9.72. The summed E-state index contributed by atoms with van der Waals surface area (Å²) < 4.78 is 0. The molecule has 0 spiro atoms. The highest BCUT2D eigenvalue weighted by Crippen LogP contribution is 2.30.